The first-order valence-electron chi connectivity index (χ1n) is 6.02. The van der Waals surface area contributed by atoms with Crippen molar-refractivity contribution in [3.8, 4) is 0 Å². The van der Waals surface area contributed by atoms with Crippen LogP contribution in [0.4, 0.5) is 10.8 Å². The zero-order chi connectivity index (χ0) is 15.5. The van der Waals surface area contributed by atoms with Gasteiger partial charge in [0, 0.05) is 18.6 Å². The number of rotatable bonds is 6. The molecule has 0 atom stereocenters. The molecule has 2 aromatic rings. The van der Waals surface area contributed by atoms with E-state index >= 15 is 0 Å². The van der Waals surface area contributed by atoms with Crippen LogP contribution in [0.15, 0.2) is 29.2 Å². The van der Waals surface area contributed by atoms with Gasteiger partial charge in [-0.1, -0.05) is 18.3 Å². The van der Waals surface area contributed by atoms with Crippen LogP contribution in [0.1, 0.15) is 18.4 Å². The fraction of sp³-hybridized carbons (Fsp3) is 0.273. The van der Waals surface area contributed by atoms with Crippen LogP contribution in [0.5, 0.6) is 0 Å². The third-order valence-electron chi connectivity index (χ3n) is 2.51. The lowest BCUT2D eigenvalue weighted by Crippen LogP contribution is -2.12. The molecule has 2 rings (SSSR count). The molecule has 1 heterocycles. The molecule has 0 unspecified atom stereocenters. The number of nitrogens with one attached hydrogen (secondary N) is 1. The fourth-order valence-corrected chi connectivity index (χ4v) is 3.60. The zero-order valence-corrected chi connectivity index (χ0v) is 12.6. The number of nitro groups is 1. The number of aromatic nitrogens is 2. The average Bonchev–Trinajstić information content (AvgIpc) is 2.86. The second-order valence-electron chi connectivity index (χ2n) is 4.11. The number of benzene rings is 1. The van der Waals surface area contributed by atoms with E-state index in [0.29, 0.717) is 0 Å². The van der Waals surface area contributed by atoms with Crippen LogP contribution in [0.25, 0.3) is 0 Å². The van der Waals surface area contributed by atoms with Gasteiger partial charge in [-0.3, -0.25) is 14.8 Å². The number of anilines is 1. The maximum absolute atomic E-state index is 12.1. The van der Waals surface area contributed by atoms with Gasteiger partial charge in [0.05, 0.1) is 9.82 Å². The van der Waals surface area contributed by atoms with E-state index in [1.54, 1.807) is 0 Å². The Labute approximate surface area is 125 Å². The fourth-order valence-electron chi connectivity index (χ4n) is 1.53. The summed E-state index contributed by atoms with van der Waals surface area (Å²) in [4.78, 5) is 9.88. The van der Waals surface area contributed by atoms with Crippen LogP contribution in [0.3, 0.4) is 0 Å². The molecule has 0 radical (unpaired) electrons. The first kappa shape index (κ1) is 15.3. The SMILES string of the molecule is CCCc1nnc(NS(=O)(=O)c2ccc([N+](=O)[O-])cc2)s1. The first-order chi connectivity index (χ1) is 9.92. The maximum atomic E-state index is 12.1. The molecule has 10 heteroatoms. The van der Waals surface area contributed by atoms with E-state index in [9.17, 15) is 18.5 Å². The molecule has 0 bridgehead atoms. The Morgan fingerprint density at radius 1 is 1.29 bits per heavy atom. The number of hydrogen-bond donors (Lipinski definition) is 1. The lowest BCUT2D eigenvalue weighted by Gasteiger charge is -2.03. The van der Waals surface area contributed by atoms with Crippen LogP contribution in [0, 0.1) is 10.1 Å². The Morgan fingerprint density at radius 3 is 2.52 bits per heavy atom. The minimum atomic E-state index is -3.82. The summed E-state index contributed by atoms with van der Waals surface area (Å²) in [6, 6.07) is 4.62. The number of sulfonamides is 1. The Kier molecular flexibility index (Phi) is 4.48. The Hall–Kier alpha value is -2.07. The molecule has 0 fully saturated rings. The van der Waals surface area contributed by atoms with E-state index < -0.39 is 14.9 Å². The summed E-state index contributed by atoms with van der Waals surface area (Å²) in [7, 11) is -3.82. The molecule has 8 nitrogen and oxygen atoms in total. The lowest BCUT2D eigenvalue weighted by molar-refractivity contribution is -0.384. The number of non-ortho nitro benzene ring substituents is 1. The van der Waals surface area contributed by atoms with Gasteiger partial charge in [0.25, 0.3) is 15.7 Å². The van der Waals surface area contributed by atoms with Crippen molar-refractivity contribution in [1.29, 1.82) is 0 Å². The van der Waals surface area contributed by atoms with Crippen LogP contribution in [-0.2, 0) is 16.4 Å². The second kappa shape index (κ2) is 6.14. The second-order valence-corrected chi connectivity index (χ2v) is 6.85. The summed E-state index contributed by atoms with van der Waals surface area (Å²) >= 11 is 1.17. The zero-order valence-electron chi connectivity index (χ0n) is 11.0. The van der Waals surface area contributed by atoms with E-state index in [-0.39, 0.29) is 15.7 Å². The largest absolute Gasteiger partial charge is 0.269 e. The summed E-state index contributed by atoms with van der Waals surface area (Å²) < 4.78 is 26.5. The van der Waals surface area contributed by atoms with Gasteiger partial charge in [0.2, 0.25) is 5.13 Å². The van der Waals surface area contributed by atoms with Crippen LogP contribution in [-0.4, -0.2) is 23.5 Å². The van der Waals surface area contributed by atoms with Crippen LogP contribution in [0.2, 0.25) is 0 Å². The Balaban J connectivity index is 2.18. The van der Waals surface area contributed by atoms with Gasteiger partial charge >= 0.3 is 0 Å². The molecule has 0 spiro atoms. The number of aryl methyl sites for hydroxylation is 1. The first-order valence-corrected chi connectivity index (χ1v) is 8.32. The van der Waals surface area contributed by atoms with E-state index in [1.165, 1.54) is 23.5 Å². The smallest absolute Gasteiger partial charge is 0.258 e. The van der Waals surface area contributed by atoms with Crippen LogP contribution < -0.4 is 4.72 Å². The lowest BCUT2D eigenvalue weighted by atomic mass is 10.3. The van der Waals surface area contributed by atoms with E-state index in [2.05, 4.69) is 14.9 Å². The van der Waals surface area contributed by atoms with Crippen molar-refractivity contribution >= 4 is 32.2 Å². The topological polar surface area (TPSA) is 115 Å². The maximum Gasteiger partial charge on any atom is 0.269 e. The van der Waals surface area contributed by atoms with E-state index in [0.717, 1.165) is 30.0 Å². The van der Waals surface area contributed by atoms with Gasteiger partial charge in [-0.25, -0.2) is 8.42 Å². The molecule has 1 N–H and O–H groups in total. The third-order valence-corrected chi connectivity index (χ3v) is 4.89. The molecule has 0 aliphatic carbocycles. The van der Waals surface area contributed by atoms with Crippen molar-refractivity contribution in [2.75, 3.05) is 4.72 Å². The molecule has 1 aromatic heterocycles. The average molecular weight is 328 g/mol. The summed E-state index contributed by atoms with van der Waals surface area (Å²) in [5.74, 6) is 0. The highest BCUT2D eigenvalue weighted by Gasteiger charge is 2.18. The molecular weight excluding hydrogens is 316 g/mol. The quantitative estimate of drug-likeness (QED) is 0.642. The highest BCUT2D eigenvalue weighted by molar-refractivity contribution is 7.93. The highest BCUT2D eigenvalue weighted by Crippen LogP contribution is 2.22. The molecule has 0 aliphatic rings. The monoisotopic (exact) mass is 328 g/mol. The number of nitrogens with zero attached hydrogens (tertiary/aromatic N) is 3. The molecule has 0 saturated carbocycles. The minimum Gasteiger partial charge on any atom is -0.258 e. The normalized spacial score (nSPS) is 11.3. The molecule has 0 amide bonds. The van der Waals surface area contributed by atoms with Gasteiger partial charge in [0.15, 0.2) is 0 Å². The number of hydrogen-bond acceptors (Lipinski definition) is 7. The molecular formula is C11H12N4O4S2. The van der Waals surface area contributed by atoms with Crippen molar-refractivity contribution in [2.45, 2.75) is 24.7 Å². The van der Waals surface area contributed by atoms with Gasteiger partial charge in [-0.2, -0.15) is 0 Å². The summed E-state index contributed by atoms with van der Waals surface area (Å²) in [5, 5.41) is 19.1. The predicted octanol–water partition coefficient (Wildman–Crippen LogP) is 2.20. The van der Waals surface area contributed by atoms with Gasteiger partial charge in [0.1, 0.15) is 5.01 Å². The molecule has 0 saturated heterocycles. The molecule has 1 aromatic carbocycles. The molecule has 112 valence electrons. The summed E-state index contributed by atoms with van der Waals surface area (Å²) in [6.07, 6.45) is 1.63. The summed E-state index contributed by atoms with van der Waals surface area (Å²) in [6.45, 7) is 1.99. The number of nitro benzene ring substituents is 1. The Morgan fingerprint density at radius 2 is 1.95 bits per heavy atom. The molecule has 0 aliphatic heterocycles. The standard InChI is InChI=1S/C11H12N4O4S2/c1-2-3-10-12-13-11(20-10)14-21(18,19)9-6-4-8(5-7-9)15(16)17/h4-7H,2-3H2,1H3,(H,13,14). The minimum absolute atomic E-state index is 0.0691. The highest BCUT2D eigenvalue weighted by atomic mass is 32.2. The Bertz CT molecular complexity index is 740. The third kappa shape index (κ3) is 3.73. The van der Waals surface area contributed by atoms with Crippen LogP contribution >= 0.6 is 11.3 Å². The van der Waals surface area contributed by atoms with E-state index in [1.807, 2.05) is 6.92 Å². The van der Waals surface area contributed by atoms with Crippen molar-refractivity contribution in [3.63, 3.8) is 0 Å². The van der Waals surface area contributed by atoms with Crippen molar-refractivity contribution in [3.05, 3.63) is 39.4 Å². The van der Waals surface area contributed by atoms with Crippen molar-refractivity contribution in [1.82, 2.24) is 10.2 Å². The van der Waals surface area contributed by atoms with Gasteiger partial charge in [-0.15, -0.1) is 10.2 Å². The predicted molar refractivity (Wildman–Crippen MR) is 77.8 cm³/mol. The van der Waals surface area contributed by atoms with Gasteiger partial charge < -0.3 is 0 Å². The van der Waals surface area contributed by atoms with E-state index in [4.69, 9.17) is 0 Å². The summed E-state index contributed by atoms with van der Waals surface area (Å²) in [5.41, 5.74) is -0.171. The van der Waals surface area contributed by atoms with Gasteiger partial charge in [-0.05, 0) is 18.6 Å². The van der Waals surface area contributed by atoms with Crippen molar-refractivity contribution in [2.24, 2.45) is 0 Å². The van der Waals surface area contributed by atoms with Crippen molar-refractivity contribution < 1.29 is 13.3 Å². The molecule has 21 heavy (non-hydrogen) atoms.